The maximum absolute atomic E-state index is 12.2. The molecule has 0 atom stereocenters. The number of carbonyl (C=O) groups excluding carboxylic acids is 1. The van der Waals surface area contributed by atoms with Crippen molar-refractivity contribution in [3.05, 3.63) is 65.9 Å². The molecule has 2 aromatic rings. The van der Waals surface area contributed by atoms with Gasteiger partial charge in [0.1, 0.15) is 17.4 Å². The highest BCUT2D eigenvalue weighted by Crippen LogP contribution is 2.16. The Hall–Kier alpha value is -3.26. The first-order valence-electron chi connectivity index (χ1n) is 7.60. The molecule has 5 nitrogen and oxygen atoms in total. The summed E-state index contributed by atoms with van der Waals surface area (Å²) in [5, 5.41) is 14.8. The first kappa shape index (κ1) is 17.1. The van der Waals surface area contributed by atoms with Gasteiger partial charge in [0.25, 0.3) is 5.91 Å². The monoisotopic (exact) mass is 321 g/mol. The van der Waals surface area contributed by atoms with Crippen LogP contribution in [0.15, 0.2) is 60.3 Å². The number of hydrogen-bond acceptors (Lipinski definition) is 4. The predicted octanol–water partition coefficient (Wildman–Crippen LogP) is 3.85. The normalized spacial score (nSPS) is 10.6. The first-order chi connectivity index (χ1) is 11.6. The summed E-state index contributed by atoms with van der Waals surface area (Å²) in [7, 11) is 0. The Kier molecular flexibility index (Phi) is 5.98. The van der Waals surface area contributed by atoms with E-state index in [1.165, 1.54) is 6.20 Å². The summed E-state index contributed by atoms with van der Waals surface area (Å²) in [5.41, 5.74) is 2.44. The van der Waals surface area contributed by atoms with Crippen LogP contribution in [0.2, 0.25) is 0 Å². The van der Waals surface area contributed by atoms with Gasteiger partial charge in [0, 0.05) is 17.6 Å². The van der Waals surface area contributed by atoms with Gasteiger partial charge in [-0.25, -0.2) is 0 Å². The molecule has 0 aromatic heterocycles. The Labute approximate surface area is 141 Å². The minimum absolute atomic E-state index is 0.00890. The van der Waals surface area contributed by atoms with Crippen molar-refractivity contribution in [2.24, 2.45) is 0 Å². The minimum atomic E-state index is -0.457. The van der Waals surface area contributed by atoms with Crippen LogP contribution in [0.1, 0.15) is 12.5 Å². The van der Waals surface area contributed by atoms with Crippen LogP contribution in [0.5, 0.6) is 5.75 Å². The Morgan fingerprint density at radius 3 is 2.58 bits per heavy atom. The third-order valence-corrected chi connectivity index (χ3v) is 3.19. The van der Waals surface area contributed by atoms with Crippen LogP contribution in [0.3, 0.4) is 0 Å². The molecule has 0 aliphatic rings. The van der Waals surface area contributed by atoms with Gasteiger partial charge in [0.15, 0.2) is 0 Å². The Bertz CT molecular complexity index is 774. The molecule has 122 valence electrons. The second-order valence-electron chi connectivity index (χ2n) is 5.10. The topological polar surface area (TPSA) is 74.1 Å². The fraction of sp³-hybridized carbons (Fsp3) is 0.158. The lowest BCUT2D eigenvalue weighted by molar-refractivity contribution is -0.112. The van der Waals surface area contributed by atoms with E-state index in [0.717, 1.165) is 17.0 Å². The van der Waals surface area contributed by atoms with Gasteiger partial charge >= 0.3 is 0 Å². The van der Waals surface area contributed by atoms with Crippen LogP contribution in [0.4, 0.5) is 11.4 Å². The van der Waals surface area contributed by atoms with Crippen molar-refractivity contribution in [3.63, 3.8) is 0 Å². The molecule has 0 spiro atoms. The Morgan fingerprint density at radius 2 is 1.96 bits per heavy atom. The lowest BCUT2D eigenvalue weighted by atomic mass is 10.2. The molecule has 0 aliphatic carbocycles. The zero-order chi connectivity index (χ0) is 17.4. The maximum Gasteiger partial charge on any atom is 0.267 e. The van der Waals surface area contributed by atoms with E-state index >= 15 is 0 Å². The first-order valence-corrected chi connectivity index (χ1v) is 7.60. The van der Waals surface area contributed by atoms with E-state index in [0.29, 0.717) is 12.3 Å². The summed E-state index contributed by atoms with van der Waals surface area (Å²) in [6, 6.07) is 16.6. The molecule has 24 heavy (non-hydrogen) atoms. The SMILES string of the molecule is CCOc1ccc(N/C=C(/C#N)C(=O)Nc2cccc(C)c2)cc1. The number of anilines is 2. The molecular weight excluding hydrogens is 302 g/mol. The number of aryl methyl sites for hydroxylation is 1. The molecule has 5 heteroatoms. The van der Waals surface area contributed by atoms with Crippen molar-refractivity contribution in [3.8, 4) is 11.8 Å². The van der Waals surface area contributed by atoms with Gasteiger partial charge in [-0.05, 0) is 55.8 Å². The molecule has 2 rings (SSSR count). The number of benzene rings is 2. The second-order valence-corrected chi connectivity index (χ2v) is 5.10. The molecular formula is C19H19N3O2. The smallest absolute Gasteiger partial charge is 0.267 e. The predicted molar refractivity (Wildman–Crippen MR) is 94.7 cm³/mol. The van der Waals surface area contributed by atoms with E-state index < -0.39 is 5.91 Å². The molecule has 0 aliphatic heterocycles. The Morgan fingerprint density at radius 1 is 1.21 bits per heavy atom. The van der Waals surface area contributed by atoms with E-state index in [1.54, 1.807) is 6.07 Å². The quantitative estimate of drug-likeness (QED) is 0.626. The zero-order valence-corrected chi connectivity index (χ0v) is 13.7. The number of nitriles is 1. The fourth-order valence-corrected chi connectivity index (χ4v) is 2.04. The number of amides is 1. The molecule has 0 radical (unpaired) electrons. The number of hydrogen-bond donors (Lipinski definition) is 2. The summed E-state index contributed by atoms with van der Waals surface area (Å²) >= 11 is 0. The molecule has 0 unspecified atom stereocenters. The summed E-state index contributed by atoms with van der Waals surface area (Å²) in [5.74, 6) is 0.311. The van der Waals surface area contributed by atoms with E-state index in [4.69, 9.17) is 4.74 Å². The van der Waals surface area contributed by atoms with Crippen molar-refractivity contribution < 1.29 is 9.53 Å². The van der Waals surface area contributed by atoms with E-state index in [1.807, 2.05) is 62.4 Å². The van der Waals surface area contributed by atoms with Crippen LogP contribution in [0.25, 0.3) is 0 Å². The fourth-order valence-electron chi connectivity index (χ4n) is 2.04. The standard InChI is InChI=1S/C19H19N3O2/c1-3-24-18-9-7-16(8-10-18)21-13-15(12-20)19(23)22-17-6-4-5-14(2)11-17/h4-11,13,21H,3H2,1-2H3,(H,22,23)/b15-13-. The maximum atomic E-state index is 12.2. The lowest BCUT2D eigenvalue weighted by Gasteiger charge is -2.07. The van der Waals surface area contributed by atoms with Crippen molar-refractivity contribution in [2.75, 3.05) is 17.2 Å². The largest absolute Gasteiger partial charge is 0.494 e. The van der Waals surface area contributed by atoms with Crippen molar-refractivity contribution in [1.82, 2.24) is 0 Å². The number of rotatable bonds is 6. The minimum Gasteiger partial charge on any atom is -0.494 e. The summed E-state index contributed by atoms with van der Waals surface area (Å²) in [6.07, 6.45) is 1.39. The molecule has 0 fully saturated rings. The lowest BCUT2D eigenvalue weighted by Crippen LogP contribution is -2.14. The number of ether oxygens (including phenoxy) is 1. The van der Waals surface area contributed by atoms with Crippen LogP contribution >= 0.6 is 0 Å². The highest BCUT2D eigenvalue weighted by atomic mass is 16.5. The molecule has 2 aromatic carbocycles. The van der Waals surface area contributed by atoms with Gasteiger partial charge < -0.3 is 15.4 Å². The highest BCUT2D eigenvalue weighted by Gasteiger charge is 2.09. The van der Waals surface area contributed by atoms with Gasteiger partial charge in [-0.2, -0.15) is 5.26 Å². The molecule has 0 bridgehead atoms. The van der Waals surface area contributed by atoms with Crippen LogP contribution < -0.4 is 15.4 Å². The number of nitrogens with one attached hydrogen (secondary N) is 2. The van der Waals surface area contributed by atoms with Crippen LogP contribution in [0, 0.1) is 18.3 Å². The van der Waals surface area contributed by atoms with Gasteiger partial charge in [0.2, 0.25) is 0 Å². The van der Waals surface area contributed by atoms with E-state index in [9.17, 15) is 10.1 Å². The summed E-state index contributed by atoms with van der Waals surface area (Å²) < 4.78 is 5.36. The van der Waals surface area contributed by atoms with Crippen molar-refractivity contribution in [1.29, 1.82) is 5.26 Å². The molecule has 0 saturated heterocycles. The molecule has 1 amide bonds. The number of nitrogens with zero attached hydrogens (tertiary/aromatic N) is 1. The molecule has 2 N–H and O–H groups in total. The zero-order valence-electron chi connectivity index (χ0n) is 13.7. The molecule has 0 saturated carbocycles. The van der Waals surface area contributed by atoms with Crippen molar-refractivity contribution in [2.45, 2.75) is 13.8 Å². The second kappa shape index (κ2) is 8.39. The number of carbonyl (C=O) groups is 1. The third-order valence-electron chi connectivity index (χ3n) is 3.19. The van der Waals surface area contributed by atoms with E-state index in [2.05, 4.69) is 10.6 Å². The van der Waals surface area contributed by atoms with Crippen molar-refractivity contribution >= 4 is 17.3 Å². The summed E-state index contributed by atoms with van der Waals surface area (Å²) in [4.78, 5) is 12.2. The van der Waals surface area contributed by atoms with Gasteiger partial charge in [0.05, 0.1) is 6.61 Å². The average molecular weight is 321 g/mol. The highest BCUT2D eigenvalue weighted by molar-refractivity contribution is 6.06. The van der Waals surface area contributed by atoms with Gasteiger partial charge in [-0.3, -0.25) is 4.79 Å². The average Bonchev–Trinajstić information content (AvgIpc) is 2.57. The molecule has 0 heterocycles. The summed E-state index contributed by atoms with van der Waals surface area (Å²) in [6.45, 7) is 4.45. The Balaban J connectivity index is 2.03. The third kappa shape index (κ3) is 4.89. The van der Waals surface area contributed by atoms with Crippen LogP contribution in [-0.2, 0) is 4.79 Å². The van der Waals surface area contributed by atoms with Gasteiger partial charge in [-0.1, -0.05) is 12.1 Å². The van der Waals surface area contributed by atoms with Gasteiger partial charge in [-0.15, -0.1) is 0 Å². The van der Waals surface area contributed by atoms with E-state index in [-0.39, 0.29) is 5.57 Å². The van der Waals surface area contributed by atoms with Crippen LogP contribution in [-0.4, -0.2) is 12.5 Å².